The molecule has 1 heterocycles. The van der Waals surface area contributed by atoms with Gasteiger partial charge in [-0.2, -0.15) is 0 Å². The number of hydrogen-bond donors (Lipinski definition) is 0. The predicted molar refractivity (Wildman–Crippen MR) is 218 cm³/mol. The van der Waals surface area contributed by atoms with Crippen molar-refractivity contribution in [2.45, 2.75) is 12.8 Å². The molecule has 0 amide bonds. The number of hydrogen-bond acceptors (Lipinski definition) is 2. The fourth-order valence-corrected chi connectivity index (χ4v) is 7.50. The lowest BCUT2D eigenvalue weighted by atomic mass is 9.90. The molecule has 0 spiro atoms. The average molecular weight is 668 g/mol. The summed E-state index contributed by atoms with van der Waals surface area (Å²) in [5.74, 6) is 0. The van der Waals surface area contributed by atoms with E-state index in [1.165, 1.54) is 33.4 Å². The van der Waals surface area contributed by atoms with Crippen LogP contribution in [0.1, 0.15) is 22.3 Å². The third-order valence-corrected chi connectivity index (χ3v) is 9.98. The van der Waals surface area contributed by atoms with E-state index in [1.807, 2.05) is 12.1 Å². The molecule has 1 aromatic heterocycles. The van der Waals surface area contributed by atoms with Crippen LogP contribution in [0, 0.1) is 0 Å². The fraction of sp³-hybridized carbons (Fsp3) is 0.0400. The Morgan fingerprint density at radius 3 is 1.63 bits per heavy atom. The number of nitrogens with zero attached hydrogens (tertiary/aromatic N) is 1. The van der Waals surface area contributed by atoms with E-state index in [-0.39, 0.29) is 0 Å². The lowest BCUT2D eigenvalue weighted by Gasteiger charge is -2.26. The molecule has 0 unspecified atom stereocenters. The molecule has 2 nitrogen and oxygen atoms in total. The van der Waals surface area contributed by atoms with Gasteiger partial charge in [-0.25, -0.2) is 0 Å². The lowest BCUT2D eigenvalue weighted by molar-refractivity contribution is 0.670. The zero-order chi connectivity index (χ0) is 34.7. The summed E-state index contributed by atoms with van der Waals surface area (Å²) in [6, 6.07) is 71.6. The summed E-state index contributed by atoms with van der Waals surface area (Å²) in [5, 5.41) is 2.28. The Balaban J connectivity index is 1.06. The van der Waals surface area contributed by atoms with Gasteiger partial charge in [0.25, 0.3) is 0 Å². The average Bonchev–Trinajstić information content (AvgIpc) is 3.59. The monoisotopic (exact) mass is 667 g/mol. The minimum Gasteiger partial charge on any atom is -0.455 e. The molecule has 0 aliphatic heterocycles. The standard InChI is InChI=1S/C50H37NO/c1-3-15-36(16-4-1)33-39-18-7-9-23-44(39)45-24-10-8-19-40(45)34-37-17-13-22-43(35-37)51(41-20-5-2-6-21-41)42-31-29-38(30-32-42)46-26-14-27-48-47-25-11-12-28-49(47)52-50(46)48/h1-32,35H,33-34H2. The first kappa shape index (κ1) is 31.3. The van der Waals surface area contributed by atoms with Gasteiger partial charge in [-0.05, 0) is 94.3 Å². The van der Waals surface area contributed by atoms with Gasteiger partial charge in [0.1, 0.15) is 11.2 Å². The maximum atomic E-state index is 6.38. The molecule has 0 fully saturated rings. The number of fused-ring (bicyclic) bond motifs is 3. The van der Waals surface area contributed by atoms with Gasteiger partial charge in [-0.15, -0.1) is 0 Å². The molecular weight excluding hydrogens is 631 g/mol. The van der Waals surface area contributed by atoms with Gasteiger partial charge in [-0.3, -0.25) is 0 Å². The van der Waals surface area contributed by atoms with Crippen LogP contribution in [0.25, 0.3) is 44.2 Å². The van der Waals surface area contributed by atoms with E-state index in [0.29, 0.717) is 0 Å². The SMILES string of the molecule is c1ccc(Cc2ccccc2-c2ccccc2Cc2cccc(N(c3ccccc3)c3ccc(-c4cccc5c4oc4ccccc45)cc3)c2)cc1. The van der Waals surface area contributed by atoms with Crippen molar-refractivity contribution in [2.75, 3.05) is 4.90 Å². The van der Waals surface area contributed by atoms with E-state index in [0.717, 1.165) is 63.0 Å². The van der Waals surface area contributed by atoms with E-state index in [1.54, 1.807) is 0 Å². The largest absolute Gasteiger partial charge is 0.455 e. The van der Waals surface area contributed by atoms with Gasteiger partial charge in [0.05, 0.1) is 0 Å². The van der Waals surface area contributed by atoms with Crippen molar-refractivity contribution >= 4 is 39.0 Å². The fourth-order valence-electron chi connectivity index (χ4n) is 7.50. The molecule has 0 saturated carbocycles. The molecule has 248 valence electrons. The van der Waals surface area contributed by atoms with Gasteiger partial charge >= 0.3 is 0 Å². The Morgan fingerprint density at radius 1 is 0.365 bits per heavy atom. The summed E-state index contributed by atoms with van der Waals surface area (Å²) in [4.78, 5) is 2.34. The molecule has 2 heteroatoms. The van der Waals surface area contributed by atoms with Crippen molar-refractivity contribution in [3.8, 4) is 22.3 Å². The van der Waals surface area contributed by atoms with Crippen LogP contribution in [0.2, 0.25) is 0 Å². The minimum absolute atomic E-state index is 0.826. The van der Waals surface area contributed by atoms with Gasteiger partial charge in [0.15, 0.2) is 0 Å². The molecule has 0 N–H and O–H groups in total. The molecule has 0 radical (unpaired) electrons. The number of furan rings is 1. The van der Waals surface area contributed by atoms with Gasteiger partial charge in [-0.1, -0.05) is 158 Å². The second-order valence-corrected chi connectivity index (χ2v) is 13.3. The van der Waals surface area contributed by atoms with Crippen LogP contribution in [0.15, 0.2) is 205 Å². The summed E-state index contributed by atoms with van der Waals surface area (Å²) in [7, 11) is 0. The molecule has 9 aromatic rings. The molecule has 0 bridgehead atoms. The highest BCUT2D eigenvalue weighted by Crippen LogP contribution is 2.39. The van der Waals surface area contributed by atoms with Crippen LogP contribution in [0.3, 0.4) is 0 Å². The summed E-state index contributed by atoms with van der Waals surface area (Å²) >= 11 is 0. The van der Waals surface area contributed by atoms with Gasteiger partial charge < -0.3 is 9.32 Å². The third-order valence-electron chi connectivity index (χ3n) is 9.98. The first-order valence-corrected chi connectivity index (χ1v) is 17.9. The van der Waals surface area contributed by atoms with Gasteiger partial charge in [0, 0.05) is 33.4 Å². The van der Waals surface area contributed by atoms with Crippen molar-refractivity contribution in [2.24, 2.45) is 0 Å². The van der Waals surface area contributed by atoms with Crippen LogP contribution in [-0.2, 0) is 12.8 Å². The van der Waals surface area contributed by atoms with Crippen LogP contribution in [0.4, 0.5) is 17.1 Å². The van der Waals surface area contributed by atoms with E-state index in [9.17, 15) is 0 Å². The quantitative estimate of drug-likeness (QED) is 0.152. The Morgan fingerprint density at radius 2 is 0.885 bits per heavy atom. The van der Waals surface area contributed by atoms with Crippen molar-refractivity contribution < 1.29 is 4.42 Å². The highest BCUT2D eigenvalue weighted by molar-refractivity contribution is 6.09. The zero-order valence-corrected chi connectivity index (χ0v) is 28.8. The van der Waals surface area contributed by atoms with Crippen molar-refractivity contribution in [3.63, 3.8) is 0 Å². The van der Waals surface area contributed by atoms with Gasteiger partial charge in [0.2, 0.25) is 0 Å². The van der Waals surface area contributed by atoms with E-state index < -0.39 is 0 Å². The Kier molecular flexibility index (Phi) is 8.40. The predicted octanol–water partition coefficient (Wildman–Crippen LogP) is 13.6. The second kappa shape index (κ2) is 13.9. The Hall–Kier alpha value is -6.64. The topological polar surface area (TPSA) is 16.4 Å². The normalized spacial score (nSPS) is 11.2. The highest BCUT2D eigenvalue weighted by atomic mass is 16.3. The number of benzene rings is 8. The summed E-state index contributed by atoms with van der Waals surface area (Å²) in [5.41, 5.74) is 15.2. The molecule has 52 heavy (non-hydrogen) atoms. The second-order valence-electron chi connectivity index (χ2n) is 13.3. The third kappa shape index (κ3) is 6.16. The lowest BCUT2D eigenvalue weighted by Crippen LogP contribution is -2.10. The summed E-state index contributed by atoms with van der Waals surface area (Å²) in [6.45, 7) is 0. The van der Waals surface area contributed by atoms with E-state index >= 15 is 0 Å². The van der Waals surface area contributed by atoms with Crippen LogP contribution in [-0.4, -0.2) is 0 Å². The van der Waals surface area contributed by atoms with Crippen molar-refractivity contribution in [1.82, 2.24) is 0 Å². The molecule has 8 aromatic carbocycles. The molecule has 9 rings (SSSR count). The van der Waals surface area contributed by atoms with Crippen molar-refractivity contribution in [1.29, 1.82) is 0 Å². The zero-order valence-electron chi connectivity index (χ0n) is 28.8. The number of rotatable bonds is 9. The Labute approximate surface area is 304 Å². The van der Waals surface area contributed by atoms with Crippen LogP contribution < -0.4 is 4.90 Å². The summed E-state index contributed by atoms with van der Waals surface area (Å²) < 4.78 is 6.38. The maximum absolute atomic E-state index is 6.38. The Bertz CT molecular complexity index is 2620. The molecular formula is C50H37NO. The minimum atomic E-state index is 0.826. The van der Waals surface area contributed by atoms with Crippen molar-refractivity contribution in [3.05, 3.63) is 222 Å². The molecule has 0 aliphatic carbocycles. The van der Waals surface area contributed by atoms with E-state index in [2.05, 4.69) is 193 Å². The smallest absolute Gasteiger partial charge is 0.143 e. The first-order chi connectivity index (χ1) is 25.8. The van der Waals surface area contributed by atoms with Crippen LogP contribution >= 0.6 is 0 Å². The number of para-hydroxylation sites is 3. The molecule has 0 aliphatic rings. The van der Waals surface area contributed by atoms with E-state index in [4.69, 9.17) is 4.42 Å². The molecule has 0 saturated heterocycles. The first-order valence-electron chi connectivity index (χ1n) is 17.9. The summed E-state index contributed by atoms with van der Waals surface area (Å²) in [6.07, 6.45) is 1.73. The maximum Gasteiger partial charge on any atom is 0.143 e. The highest BCUT2D eigenvalue weighted by Gasteiger charge is 2.16. The number of anilines is 3. The molecule has 0 atom stereocenters. The van der Waals surface area contributed by atoms with Crippen LogP contribution in [0.5, 0.6) is 0 Å².